The zero-order valence-electron chi connectivity index (χ0n) is 26.1. The number of benzene rings is 2. The number of likely N-dealkylation sites (tertiary alicyclic amines) is 1. The van der Waals surface area contributed by atoms with Gasteiger partial charge in [0.25, 0.3) is 5.91 Å². The number of fused-ring (bicyclic) bond motifs is 1. The summed E-state index contributed by atoms with van der Waals surface area (Å²) in [5, 5.41) is 11.2. The van der Waals surface area contributed by atoms with Crippen LogP contribution in [0.25, 0.3) is 0 Å². The molecule has 2 bridgehead atoms. The van der Waals surface area contributed by atoms with Crippen LogP contribution in [0.15, 0.2) is 73.8 Å². The fourth-order valence-corrected chi connectivity index (χ4v) is 8.17. The smallest absolute Gasteiger partial charge is 0.312 e. The van der Waals surface area contributed by atoms with Crippen molar-refractivity contribution < 1.29 is 29.0 Å². The van der Waals surface area contributed by atoms with E-state index in [0.717, 1.165) is 11.1 Å². The third kappa shape index (κ3) is 5.62. The molecule has 6 atom stereocenters. The molecule has 9 heteroatoms. The highest BCUT2D eigenvalue weighted by Gasteiger charge is 2.79. The molecule has 0 aliphatic carbocycles. The minimum Gasteiger partial charge on any atom is -0.465 e. The number of anilines is 1. The van der Waals surface area contributed by atoms with E-state index in [0.29, 0.717) is 49.2 Å². The van der Waals surface area contributed by atoms with Crippen LogP contribution in [-0.4, -0.2) is 70.8 Å². The first kappa shape index (κ1) is 32.9. The second-order valence-corrected chi connectivity index (χ2v) is 12.8. The van der Waals surface area contributed by atoms with Gasteiger partial charge >= 0.3 is 5.97 Å². The molecule has 2 amide bonds. The lowest BCUT2D eigenvalue weighted by Gasteiger charge is -2.40. The maximum atomic E-state index is 15.0. The maximum absolute atomic E-state index is 15.0. The highest BCUT2D eigenvalue weighted by Crippen LogP contribution is 2.65. The van der Waals surface area contributed by atoms with Gasteiger partial charge in [-0.2, -0.15) is 0 Å². The summed E-state index contributed by atoms with van der Waals surface area (Å²) < 4.78 is 12.7. The Morgan fingerprint density at radius 1 is 1.18 bits per heavy atom. The maximum Gasteiger partial charge on any atom is 0.312 e. The van der Waals surface area contributed by atoms with Gasteiger partial charge in [-0.1, -0.05) is 73.1 Å². The lowest BCUT2D eigenvalue weighted by atomic mass is 9.65. The van der Waals surface area contributed by atoms with Crippen molar-refractivity contribution in [2.45, 2.75) is 75.7 Å². The van der Waals surface area contributed by atoms with Crippen LogP contribution in [0.2, 0.25) is 5.02 Å². The third-order valence-corrected chi connectivity index (χ3v) is 10.2. The number of carbonyl (C=O) groups is 3. The Morgan fingerprint density at radius 3 is 2.58 bits per heavy atom. The molecule has 240 valence electrons. The molecule has 1 spiro atoms. The number of aliphatic hydroxyl groups is 1. The quantitative estimate of drug-likeness (QED) is 0.169. The highest BCUT2D eigenvalue weighted by atomic mass is 35.5. The zero-order chi connectivity index (χ0) is 32.4. The van der Waals surface area contributed by atoms with E-state index < -0.39 is 41.1 Å². The Balaban J connectivity index is 1.63. The van der Waals surface area contributed by atoms with Gasteiger partial charge in [0.15, 0.2) is 0 Å². The van der Waals surface area contributed by atoms with Crippen molar-refractivity contribution in [1.29, 1.82) is 0 Å². The molecule has 3 aliphatic rings. The first-order chi connectivity index (χ1) is 21.7. The van der Waals surface area contributed by atoms with Crippen LogP contribution < -0.4 is 4.90 Å². The first-order valence-corrected chi connectivity index (χ1v) is 16.2. The molecule has 5 rings (SSSR count). The monoisotopic (exact) mass is 634 g/mol. The average molecular weight is 635 g/mol. The first-order valence-electron chi connectivity index (χ1n) is 15.8. The average Bonchev–Trinajstić information content (AvgIpc) is 3.65. The molecule has 8 nitrogen and oxygen atoms in total. The molecule has 0 saturated carbocycles. The lowest BCUT2D eigenvalue weighted by molar-refractivity contribution is -0.162. The van der Waals surface area contributed by atoms with E-state index in [-0.39, 0.29) is 31.6 Å². The van der Waals surface area contributed by atoms with Gasteiger partial charge in [0.05, 0.1) is 41.5 Å². The SMILES string of the molecule is C=CCCCOC(=O)[C@H]1[C@H]2C(=O)N([C@@H](CO)Cc3ccccc3)C(C(=O)N(CC=C)c3c(C)cccc3Cl)C23CC[C@]1(CC)O3. The van der Waals surface area contributed by atoms with Crippen LogP contribution in [0.1, 0.15) is 50.2 Å². The van der Waals surface area contributed by atoms with Gasteiger partial charge in [0.1, 0.15) is 17.6 Å². The summed E-state index contributed by atoms with van der Waals surface area (Å²) in [5.74, 6) is -3.06. The van der Waals surface area contributed by atoms with Crippen LogP contribution in [-0.2, 0) is 30.3 Å². The summed E-state index contributed by atoms with van der Waals surface area (Å²) >= 11 is 6.69. The molecule has 1 N–H and O–H groups in total. The standard InChI is InChI=1S/C36H43ClN2O6/c1-5-8-12-21-44-34(43)29-28-32(41)39(26(23-40)22-25-15-10-9-11-16-25)31(36(28)19-18-35(29,7-3)45-36)33(42)38(20-6-2)30-24(4)14-13-17-27(30)37/h5-6,9-11,13-17,26,28-29,31,40H,1-2,7-8,12,18-23H2,3-4H3/t26-,28+,29-,31?,35+,36?/m1/s1. The number of hydrogen-bond acceptors (Lipinski definition) is 6. The van der Waals surface area contributed by atoms with E-state index in [1.807, 2.05) is 56.3 Å². The summed E-state index contributed by atoms with van der Waals surface area (Å²) in [4.78, 5) is 46.7. The summed E-state index contributed by atoms with van der Waals surface area (Å²) in [6.45, 7) is 11.4. The summed E-state index contributed by atoms with van der Waals surface area (Å²) in [5.41, 5.74) is -0.00110. The molecular formula is C36H43ClN2O6. The van der Waals surface area contributed by atoms with Gasteiger partial charge in [-0.3, -0.25) is 14.4 Å². The number of halogens is 1. The van der Waals surface area contributed by atoms with Crippen molar-refractivity contribution in [2.24, 2.45) is 11.8 Å². The largest absolute Gasteiger partial charge is 0.465 e. The Morgan fingerprint density at radius 2 is 1.93 bits per heavy atom. The highest BCUT2D eigenvalue weighted by molar-refractivity contribution is 6.34. The fraction of sp³-hybridized carbons (Fsp3) is 0.472. The summed E-state index contributed by atoms with van der Waals surface area (Å²) in [6.07, 6.45) is 6.43. The Hall–Kier alpha value is -3.46. The molecule has 3 heterocycles. The molecule has 45 heavy (non-hydrogen) atoms. The van der Waals surface area contributed by atoms with Crippen molar-refractivity contribution in [2.75, 3.05) is 24.7 Å². The van der Waals surface area contributed by atoms with E-state index in [4.69, 9.17) is 21.1 Å². The fourth-order valence-electron chi connectivity index (χ4n) is 7.85. The summed E-state index contributed by atoms with van der Waals surface area (Å²) in [6, 6.07) is 13.1. The number of esters is 1. The second-order valence-electron chi connectivity index (χ2n) is 12.3. The second kappa shape index (κ2) is 13.5. The Kier molecular flexibility index (Phi) is 9.87. The van der Waals surface area contributed by atoms with Gasteiger partial charge in [0.2, 0.25) is 5.91 Å². The zero-order valence-corrected chi connectivity index (χ0v) is 26.9. The minimum absolute atomic E-state index is 0.138. The van der Waals surface area contributed by atoms with E-state index in [9.17, 15) is 14.7 Å². The molecule has 3 saturated heterocycles. The van der Waals surface area contributed by atoms with E-state index >= 15 is 4.79 Å². The molecule has 3 aliphatic heterocycles. The number of unbranched alkanes of at least 4 members (excludes halogenated alkanes) is 1. The Bertz CT molecular complexity index is 1430. The van der Waals surface area contributed by atoms with Gasteiger partial charge in [0, 0.05) is 6.54 Å². The molecule has 2 aromatic rings. The number of hydrogen-bond donors (Lipinski definition) is 1. The van der Waals surface area contributed by atoms with E-state index in [2.05, 4.69) is 13.2 Å². The number of carbonyl (C=O) groups excluding carboxylic acids is 3. The minimum atomic E-state index is -1.28. The van der Waals surface area contributed by atoms with Crippen molar-refractivity contribution in [1.82, 2.24) is 4.90 Å². The van der Waals surface area contributed by atoms with Crippen LogP contribution in [0.4, 0.5) is 5.69 Å². The molecule has 2 aromatic carbocycles. The van der Waals surface area contributed by atoms with Crippen LogP contribution in [0.5, 0.6) is 0 Å². The number of rotatable bonds is 14. The number of aliphatic hydroxyl groups excluding tert-OH is 1. The number of ether oxygens (including phenoxy) is 2. The normalized spacial score (nSPS) is 27.2. The van der Waals surface area contributed by atoms with Crippen LogP contribution >= 0.6 is 11.6 Å². The van der Waals surface area contributed by atoms with Crippen LogP contribution in [0.3, 0.4) is 0 Å². The van der Waals surface area contributed by atoms with Gasteiger partial charge in [-0.15, -0.1) is 13.2 Å². The van der Waals surface area contributed by atoms with Crippen molar-refractivity contribution >= 4 is 35.1 Å². The van der Waals surface area contributed by atoms with Gasteiger partial charge < -0.3 is 24.4 Å². The number of allylic oxidation sites excluding steroid dienone is 1. The van der Waals surface area contributed by atoms with Gasteiger partial charge in [-0.25, -0.2) is 0 Å². The molecule has 0 radical (unpaired) electrons. The Labute approximate surface area is 270 Å². The van der Waals surface area contributed by atoms with Crippen molar-refractivity contribution in [3.8, 4) is 0 Å². The number of aryl methyl sites for hydroxylation is 1. The lowest BCUT2D eigenvalue weighted by Crippen LogP contribution is -2.59. The van der Waals surface area contributed by atoms with E-state index in [1.165, 1.54) is 4.90 Å². The molecule has 2 unspecified atom stereocenters. The number of amides is 2. The van der Waals surface area contributed by atoms with Crippen LogP contribution in [0, 0.1) is 18.8 Å². The van der Waals surface area contributed by atoms with Crippen molar-refractivity contribution in [3.63, 3.8) is 0 Å². The number of para-hydroxylation sites is 1. The molecular weight excluding hydrogens is 592 g/mol. The topological polar surface area (TPSA) is 96.4 Å². The predicted octanol–water partition coefficient (Wildman–Crippen LogP) is 5.44. The molecule has 0 aromatic heterocycles. The third-order valence-electron chi connectivity index (χ3n) is 9.86. The summed E-state index contributed by atoms with van der Waals surface area (Å²) in [7, 11) is 0. The molecule has 3 fully saturated rings. The van der Waals surface area contributed by atoms with Gasteiger partial charge in [-0.05, 0) is 62.6 Å². The van der Waals surface area contributed by atoms with Crippen molar-refractivity contribution in [3.05, 3.63) is 90.0 Å². The van der Waals surface area contributed by atoms with E-state index in [1.54, 1.807) is 23.1 Å². The predicted molar refractivity (Wildman–Crippen MR) is 174 cm³/mol. The number of nitrogens with zero attached hydrogens (tertiary/aromatic N) is 2.